The van der Waals surface area contributed by atoms with Crippen molar-refractivity contribution in [1.82, 2.24) is 5.32 Å². The Labute approximate surface area is 148 Å². The lowest BCUT2D eigenvalue weighted by atomic mass is 9.96. The fraction of sp³-hybridized carbons (Fsp3) is 0.350. The zero-order chi connectivity index (χ0) is 18.1. The van der Waals surface area contributed by atoms with E-state index in [0.29, 0.717) is 13.2 Å². The van der Waals surface area contributed by atoms with Crippen LogP contribution in [0.15, 0.2) is 54.6 Å². The molecule has 2 rings (SSSR count). The molecule has 2 aromatic carbocycles. The SMILES string of the molecule is CC(C)[C@@H](NC(=O)COCCOc1ccccc1)c1ccc(F)cc1. The van der Waals surface area contributed by atoms with E-state index >= 15 is 0 Å². The third-order valence-corrected chi connectivity index (χ3v) is 3.69. The number of carbonyl (C=O) groups excluding carboxylic acids is 1. The molecule has 0 aliphatic carbocycles. The van der Waals surface area contributed by atoms with Crippen LogP contribution in [0.5, 0.6) is 5.75 Å². The number of halogens is 1. The molecule has 0 radical (unpaired) electrons. The van der Waals surface area contributed by atoms with E-state index < -0.39 is 0 Å². The topological polar surface area (TPSA) is 47.6 Å². The molecule has 1 N–H and O–H groups in total. The van der Waals surface area contributed by atoms with Gasteiger partial charge in [0.15, 0.2) is 0 Å². The number of benzene rings is 2. The molecule has 0 unspecified atom stereocenters. The highest BCUT2D eigenvalue weighted by Crippen LogP contribution is 2.21. The van der Waals surface area contributed by atoms with Gasteiger partial charge in [-0.25, -0.2) is 4.39 Å². The Morgan fingerprint density at radius 3 is 2.36 bits per heavy atom. The number of amides is 1. The quantitative estimate of drug-likeness (QED) is 0.705. The van der Waals surface area contributed by atoms with Gasteiger partial charge in [-0.05, 0) is 35.7 Å². The summed E-state index contributed by atoms with van der Waals surface area (Å²) in [5.74, 6) is 0.449. The van der Waals surface area contributed by atoms with Crippen molar-refractivity contribution in [2.75, 3.05) is 19.8 Å². The first-order valence-corrected chi connectivity index (χ1v) is 8.36. The Morgan fingerprint density at radius 1 is 1.04 bits per heavy atom. The van der Waals surface area contributed by atoms with Gasteiger partial charge in [0, 0.05) is 0 Å². The predicted molar refractivity (Wildman–Crippen MR) is 94.9 cm³/mol. The number of nitrogens with one attached hydrogen (secondary N) is 1. The minimum Gasteiger partial charge on any atom is -0.491 e. The lowest BCUT2D eigenvalue weighted by Gasteiger charge is -2.23. The number of hydrogen-bond acceptors (Lipinski definition) is 3. The molecule has 0 aromatic heterocycles. The first-order valence-electron chi connectivity index (χ1n) is 8.36. The summed E-state index contributed by atoms with van der Waals surface area (Å²) in [6, 6.07) is 15.4. The van der Waals surface area contributed by atoms with Gasteiger partial charge in [0.05, 0.1) is 12.6 Å². The van der Waals surface area contributed by atoms with Gasteiger partial charge >= 0.3 is 0 Å². The van der Waals surface area contributed by atoms with Crippen LogP contribution in [0.25, 0.3) is 0 Å². The number of ether oxygens (including phenoxy) is 2. The Morgan fingerprint density at radius 2 is 1.72 bits per heavy atom. The Kier molecular flexibility index (Phi) is 7.41. The minimum atomic E-state index is -0.292. The number of hydrogen-bond donors (Lipinski definition) is 1. The third kappa shape index (κ3) is 6.55. The van der Waals surface area contributed by atoms with Crippen molar-refractivity contribution in [2.45, 2.75) is 19.9 Å². The highest BCUT2D eigenvalue weighted by Gasteiger charge is 2.18. The Balaban J connectivity index is 1.73. The number of rotatable bonds is 9. The lowest BCUT2D eigenvalue weighted by Crippen LogP contribution is -2.34. The van der Waals surface area contributed by atoms with Crippen molar-refractivity contribution >= 4 is 5.91 Å². The average molecular weight is 345 g/mol. The standard InChI is InChI=1S/C20H24FNO3/c1-15(2)20(16-8-10-17(21)11-9-16)22-19(23)14-24-12-13-25-18-6-4-3-5-7-18/h3-11,15,20H,12-14H2,1-2H3,(H,22,23)/t20-/m1/s1. The van der Waals surface area contributed by atoms with E-state index in [4.69, 9.17) is 9.47 Å². The van der Waals surface area contributed by atoms with Crippen molar-refractivity contribution < 1.29 is 18.7 Å². The second-order valence-electron chi connectivity index (χ2n) is 6.05. The maximum atomic E-state index is 13.1. The summed E-state index contributed by atoms with van der Waals surface area (Å²) in [7, 11) is 0. The first-order chi connectivity index (χ1) is 12.1. The third-order valence-electron chi connectivity index (χ3n) is 3.69. The summed E-state index contributed by atoms with van der Waals surface area (Å²) in [6.45, 7) is 4.67. The van der Waals surface area contributed by atoms with Crippen LogP contribution in [0.3, 0.4) is 0 Å². The summed E-state index contributed by atoms with van der Waals surface area (Å²) in [5.41, 5.74) is 0.872. The van der Waals surface area contributed by atoms with E-state index in [-0.39, 0.29) is 30.3 Å². The highest BCUT2D eigenvalue weighted by atomic mass is 19.1. The molecule has 25 heavy (non-hydrogen) atoms. The highest BCUT2D eigenvalue weighted by molar-refractivity contribution is 5.77. The number of carbonyl (C=O) groups is 1. The van der Waals surface area contributed by atoms with Crippen LogP contribution in [0.2, 0.25) is 0 Å². The molecular weight excluding hydrogens is 321 g/mol. The maximum Gasteiger partial charge on any atom is 0.246 e. The van der Waals surface area contributed by atoms with Crippen LogP contribution in [0.4, 0.5) is 4.39 Å². The van der Waals surface area contributed by atoms with E-state index in [1.165, 1.54) is 12.1 Å². The Hall–Kier alpha value is -2.40. The first kappa shape index (κ1) is 18.9. The molecule has 1 amide bonds. The molecule has 0 saturated carbocycles. The lowest BCUT2D eigenvalue weighted by molar-refractivity contribution is -0.127. The van der Waals surface area contributed by atoms with Gasteiger partial charge < -0.3 is 14.8 Å². The molecule has 1 atom stereocenters. The van der Waals surface area contributed by atoms with Crippen molar-refractivity contribution in [2.24, 2.45) is 5.92 Å². The molecule has 0 spiro atoms. The van der Waals surface area contributed by atoms with Gasteiger partial charge in [0.2, 0.25) is 5.91 Å². The van der Waals surface area contributed by atoms with Crippen molar-refractivity contribution in [1.29, 1.82) is 0 Å². The smallest absolute Gasteiger partial charge is 0.246 e. The van der Waals surface area contributed by atoms with Gasteiger partial charge in [-0.1, -0.05) is 44.2 Å². The van der Waals surface area contributed by atoms with Gasteiger partial charge in [-0.2, -0.15) is 0 Å². The molecular formula is C20H24FNO3. The van der Waals surface area contributed by atoms with E-state index in [9.17, 15) is 9.18 Å². The summed E-state index contributed by atoms with van der Waals surface area (Å²) in [6.07, 6.45) is 0. The molecule has 134 valence electrons. The second-order valence-corrected chi connectivity index (χ2v) is 6.05. The summed E-state index contributed by atoms with van der Waals surface area (Å²) < 4.78 is 23.9. The maximum absolute atomic E-state index is 13.1. The van der Waals surface area contributed by atoms with Crippen LogP contribution in [0.1, 0.15) is 25.5 Å². The fourth-order valence-corrected chi connectivity index (χ4v) is 2.42. The van der Waals surface area contributed by atoms with Crippen molar-refractivity contribution in [3.05, 3.63) is 66.0 Å². The molecule has 0 bridgehead atoms. The van der Waals surface area contributed by atoms with E-state index in [2.05, 4.69) is 5.32 Å². The van der Waals surface area contributed by atoms with Crippen LogP contribution < -0.4 is 10.1 Å². The molecule has 5 heteroatoms. The molecule has 0 fully saturated rings. The summed E-state index contributed by atoms with van der Waals surface area (Å²) >= 11 is 0. The minimum absolute atomic E-state index is 0.0391. The van der Waals surface area contributed by atoms with E-state index in [1.807, 2.05) is 44.2 Å². The predicted octanol–water partition coefficient (Wildman–Crippen LogP) is 3.73. The van der Waals surface area contributed by atoms with Crippen molar-refractivity contribution in [3.63, 3.8) is 0 Å². The Bertz CT molecular complexity index is 644. The van der Waals surface area contributed by atoms with Gasteiger partial charge in [-0.3, -0.25) is 4.79 Å². The van der Waals surface area contributed by atoms with Crippen molar-refractivity contribution in [3.8, 4) is 5.75 Å². The monoisotopic (exact) mass is 345 g/mol. The molecule has 0 aliphatic heterocycles. The average Bonchev–Trinajstić information content (AvgIpc) is 2.61. The fourth-order valence-electron chi connectivity index (χ4n) is 2.42. The zero-order valence-corrected chi connectivity index (χ0v) is 14.6. The van der Waals surface area contributed by atoms with Crippen LogP contribution in [-0.4, -0.2) is 25.7 Å². The zero-order valence-electron chi connectivity index (χ0n) is 14.6. The number of para-hydroxylation sites is 1. The molecule has 2 aromatic rings. The van der Waals surface area contributed by atoms with Gasteiger partial charge in [-0.15, -0.1) is 0 Å². The molecule has 4 nitrogen and oxygen atoms in total. The second kappa shape index (κ2) is 9.79. The van der Waals surface area contributed by atoms with E-state index in [0.717, 1.165) is 11.3 Å². The molecule has 0 heterocycles. The van der Waals surface area contributed by atoms with Gasteiger partial charge in [0.1, 0.15) is 24.8 Å². The van der Waals surface area contributed by atoms with Gasteiger partial charge in [0.25, 0.3) is 0 Å². The van der Waals surface area contributed by atoms with Crippen LogP contribution in [0, 0.1) is 11.7 Å². The van der Waals surface area contributed by atoms with E-state index in [1.54, 1.807) is 12.1 Å². The molecule has 0 aliphatic rings. The molecule has 0 saturated heterocycles. The summed E-state index contributed by atoms with van der Waals surface area (Å²) in [5, 5.41) is 2.93. The normalized spacial score (nSPS) is 12.0. The van der Waals surface area contributed by atoms with Crippen LogP contribution in [-0.2, 0) is 9.53 Å². The van der Waals surface area contributed by atoms with Crippen LogP contribution >= 0.6 is 0 Å². The summed E-state index contributed by atoms with van der Waals surface area (Å²) in [4.78, 5) is 12.1. The largest absolute Gasteiger partial charge is 0.491 e.